The molecule has 0 aliphatic carbocycles. The van der Waals surface area contributed by atoms with Crippen LogP contribution in [0.3, 0.4) is 0 Å². The lowest BCUT2D eigenvalue weighted by atomic mass is 9.81. The van der Waals surface area contributed by atoms with E-state index >= 15 is 0 Å². The molecule has 0 fully saturated rings. The Labute approximate surface area is 186 Å². The van der Waals surface area contributed by atoms with Crippen molar-refractivity contribution in [3.8, 4) is 5.75 Å². The number of hydrogen-bond donors (Lipinski definition) is 0. The molecule has 7 heteroatoms. The molecule has 0 saturated carbocycles. The second-order valence-electron chi connectivity index (χ2n) is 7.14. The van der Waals surface area contributed by atoms with E-state index in [9.17, 15) is 9.59 Å². The molecule has 2 aromatic carbocycles. The van der Waals surface area contributed by atoms with Gasteiger partial charge in [-0.25, -0.2) is 9.78 Å². The van der Waals surface area contributed by atoms with Crippen molar-refractivity contribution >= 4 is 17.6 Å². The molecule has 2 unspecified atom stereocenters. The van der Waals surface area contributed by atoms with Crippen LogP contribution in [0.25, 0.3) is 0 Å². The van der Waals surface area contributed by atoms with E-state index < -0.39 is 11.5 Å². The predicted molar refractivity (Wildman–Crippen MR) is 120 cm³/mol. The zero-order valence-corrected chi connectivity index (χ0v) is 18.7. The van der Waals surface area contributed by atoms with E-state index in [0.29, 0.717) is 10.8 Å². The number of ether oxygens (including phenoxy) is 2. The first-order valence-corrected chi connectivity index (χ1v) is 10.4. The first-order chi connectivity index (χ1) is 14.9. The number of nitrogens with zero attached hydrogens (tertiary/aromatic N) is 2. The number of methoxy groups -OCH3 is 1. The van der Waals surface area contributed by atoms with Crippen LogP contribution < -0.4 is 10.3 Å². The van der Waals surface area contributed by atoms with Crippen molar-refractivity contribution in [3.05, 3.63) is 92.6 Å². The summed E-state index contributed by atoms with van der Waals surface area (Å²) in [5, 5.41) is 0.618. The Kier molecular flexibility index (Phi) is 7.13. The van der Waals surface area contributed by atoms with Crippen LogP contribution in [-0.2, 0) is 11.8 Å². The monoisotopic (exact) mass is 440 g/mol. The zero-order chi connectivity index (χ0) is 22.5. The van der Waals surface area contributed by atoms with Gasteiger partial charge in [0, 0.05) is 23.9 Å². The van der Waals surface area contributed by atoms with E-state index in [-0.39, 0.29) is 29.9 Å². The molecule has 31 heavy (non-hydrogen) atoms. The van der Waals surface area contributed by atoms with Crippen molar-refractivity contribution in [1.29, 1.82) is 0 Å². The molecule has 0 bridgehead atoms. The van der Waals surface area contributed by atoms with Crippen LogP contribution in [0.5, 0.6) is 5.75 Å². The summed E-state index contributed by atoms with van der Waals surface area (Å²) in [5.74, 6) is -0.886. The van der Waals surface area contributed by atoms with E-state index in [2.05, 4.69) is 4.98 Å². The molecule has 0 saturated heterocycles. The third-order valence-electron chi connectivity index (χ3n) is 5.26. The third-order valence-corrected chi connectivity index (χ3v) is 5.61. The van der Waals surface area contributed by atoms with Crippen LogP contribution in [0.4, 0.5) is 0 Å². The Hall–Kier alpha value is -3.12. The topological polar surface area (TPSA) is 70.4 Å². The maximum atomic E-state index is 13.0. The number of hydrogen-bond acceptors (Lipinski definition) is 5. The van der Waals surface area contributed by atoms with E-state index in [0.717, 1.165) is 11.1 Å². The minimum absolute atomic E-state index is 0.125. The lowest BCUT2D eigenvalue weighted by molar-refractivity contribution is 0.0514. The molecule has 0 amide bonds. The molecule has 0 spiro atoms. The summed E-state index contributed by atoms with van der Waals surface area (Å²) >= 11 is 6.56. The number of carbonyl (C=O) groups excluding carboxylic acids is 1. The summed E-state index contributed by atoms with van der Waals surface area (Å²) in [6.45, 7) is 3.82. The van der Waals surface area contributed by atoms with Crippen LogP contribution in [0.1, 0.15) is 53.1 Å². The molecule has 3 rings (SSSR count). The Morgan fingerprint density at radius 2 is 1.77 bits per heavy atom. The number of halogens is 1. The highest BCUT2D eigenvalue weighted by atomic mass is 35.5. The van der Waals surface area contributed by atoms with Crippen molar-refractivity contribution in [2.75, 3.05) is 13.7 Å². The molecule has 2 atom stereocenters. The predicted octanol–water partition coefficient (Wildman–Crippen LogP) is 4.55. The number of esters is 1. The summed E-state index contributed by atoms with van der Waals surface area (Å²) in [7, 11) is 2.95. The standard InChI is InChI=1S/C24H25ClN2O4/c1-5-31-24(29)20-21(30-4)23(28)27(3)22(26-20)15(2)19(16-11-7-6-8-12-16)17-13-9-10-14-18(17)25/h6-15,19H,5H2,1-4H3. The van der Waals surface area contributed by atoms with Crippen molar-refractivity contribution in [1.82, 2.24) is 9.55 Å². The fraction of sp³-hybridized carbons (Fsp3) is 0.292. The number of aromatic nitrogens is 2. The lowest BCUT2D eigenvalue weighted by Gasteiger charge is -2.27. The van der Waals surface area contributed by atoms with Crippen molar-refractivity contribution < 1.29 is 14.3 Å². The maximum Gasteiger partial charge on any atom is 0.361 e. The minimum atomic E-state index is -0.695. The van der Waals surface area contributed by atoms with Crippen LogP contribution in [0.2, 0.25) is 5.02 Å². The van der Waals surface area contributed by atoms with Gasteiger partial charge in [-0.15, -0.1) is 0 Å². The van der Waals surface area contributed by atoms with Crippen molar-refractivity contribution in [3.63, 3.8) is 0 Å². The maximum absolute atomic E-state index is 13.0. The van der Waals surface area contributed by atoms with Gasteiger partial charge >= 0.3 is 5.97 Å². The zero-order valence-electron chi connectivity index (χ0n) is 18.0. The molecule has 1 heterocycles. The van der Waals surface area contributed by atoms with Gasteiger partial charge in [0.05, 0.1) is 13.7 Å². The fourth-order valence-electron chi connectivity index (χ4n) is 3.80. The van der Waals surface area contributed by atoms with Gasteiger partial charge < -0.3 is 9.47 Å². The molecule has 0 radical (unpaired) electrons. The highest BCUT2D eigenvalue weighted by Crippen LogP contribution is 2.40. The van der Waals surface area contributed by atoms with Crippen LogP contribution >= 0.6 is 11.6 Å². The fourth-order valence-corrected chi connectivity index (χ4v) is 4.05. The van der Waals surface area contributed by atoms with Gasteiger partial charge in [0.25, 0.3) is 5.56 Å². The van der Waals surface area contributed by atoms with E-state index in [4.69, 9.17) is 21.1 Å². The summed E-state index contributed by atoms with van der Waals surface area (Å²) in [4.78, 5) is 30.0. The first kappa shape index (κ1) is 22.6. The largest absolute Gasteiger partial charge is 0.489 e. The molecule has 3 aromatic rings. The van der Waals surface area contributed by atoms with Gasteiger partial charge in [-0.2, -0.15) is 0 Å². The molecule has 0 N–H and O–H groups in total. The molecular weight excluding hydrogens is 416 g/mol. The average Bonchev–Trinajstić information content (AvgIpc) is 2.77. The van der Waals surface area contributed by atoms with Gasteiger partial charge in [0.1, 0.15) is 5.82 Å². The van der Waals surface area contributed by atoms with Gasteiger partial charge in [-0.1, -0.05) is 67.1 Å². The molecule has 0 aliphatic heterocycles. The number of rotatable bonds is 7. The Morgan fingerprint density at radius 1 is 1.13 bits per heavy atom. The number of carbonyl (C=O) groups is 1. The molecule has 6 nitrogen and oxygen atoms in total. The molecular formula is C24H25ClN2O4. The normalized spacial score (nSPS) is 12.8. The van der Waals surface area contributed by atoms with E-state index in [1.807, 2.05) is 61.5 Å². The first-order valence-electron chi connectivity index (χ1n) is 10.0. The molecule has 0 aliphatic rings. The second-order valence-corrected chi connectivity index (χ2v) is 7.54. The minimum Gasteiger partial charge on any atom is -0.489 e. The summed E-state index contributed by atoms with van der Waals surface area (Å²) in [6.07, 6.45) is 0. The SMILES string of the molecule is CCOC(=O)c1nc(C(C)C(c2ccccc2)c2ccccc2Cl)n(C)c(=O)c1OC. The smallest absolute Gasteiger partial charge is 0.361 e. The molecule has 1 aromatic heterocycles. The summed E-state index contributed by atoms with van der Waals surface area (Å²) in [5.41, 5.74) is 1.35. The van der Waals surface area contributed by atoms with Crippen LogP contribution in [0.15, 0.2) is 59.4 Å². The molecule has 162 valence electrons. The van der Waals surface area contributed by atoms with Crippen molar-refractivity contribution in [2.45, 2.75) is 25.7 Å². The van der Waals surface area contributed by atoms with Gasteiger partial charge in [0.2, 0.25) is 5.75 Å². The highest BCUT2D eigenvalue weighted by Gasteiger charge is 2.30. The average molecular weight is 441 g/mol. The van der Waals surface area contributed by atoms with Gasteiger partial charge in [-0.05, 0) is 24.1 Å². The number of benzene rings is 2. The highest BCUT2D eigenvalue weighted by molar-refractivity contribution is 6.31. The lowest BCUT2D eigenvalue weighted by Crippen LogP contribution is -2.30. The van der Waals surface area contributed by atoms with Crippen LogP contribution in [-0.4, -0.2) is 29.2 Å². The Balaban J connectivity index is 2.23. The van der Waals surface area contributed by atoms with Crippen LogP contribution in [0, 0.1) is 0 Å². The Bertz CT molecular complexity index is 1130. The quantitative estimate of drug-likeness (QED) is 0.504. The Morgan fingerprint density at radius 3 is 2.39 bits per heavy atom. The van der Waals surface area contributed by atoms with Gasteiger partial charge in [-0.3, -0.25) is 9.36 Å². The summed E-state index contributed by atoms with van der Waals surface area (Å²) in [6, 6.07) is 17.5. The van der Waals surface area contributed by atoms with Gasteiger partial charge in [0.15, 0.2) is 5.69 Å². The van der Waals surface area contributed by atoms with Crippen molar-refractivity contribution in [2.24, 2.45) is 7.05 Å². The second kappa shape index (κ2) is 9.79. The van der Waals surface area contributed by atoms with E-state index in [1.54, 1.807) is 14.0 Å². The summed E-state index contributed by atoms with van der Waals surface area (Å²) < 4.78 is 11.7. The van der Waals surface area contributed by atoms with E-state index in [1.165, 1.54) is 11.7 Å². The third kappa shape index (κ3) is 4.49.